The molecule has 2 rings (SSSR count). The Balaban J connectivity index is 1.83. The van der Waals surface area contributed by atoms with E-state index in [1.165, 1.54) is 0 Å². The van der Waals surface area contributed by atoms with Crippen LogP contribution in [-0.4, -0.2) is 36.8 Å². The van der Waals surface area contributed by atoms with Gasteiger partial charge in [0.05, 0.1) is 19.5 Å². The summed E-state index contributed by atoms with van der Waals surface area (Å²) in [5, 5.41) is 3.28. The predicted octanol–water partition coefficient (Wildman–Crippen LogP) is 1.32. The van der Waals surface area contributed by atoms with Crippen molar-refractivity contribution in [2.24, 2.45) is 5.92 Å². The lowest BCUT2D eigenvalue weighted by Gasteiger charge is -2.22. The highest BCUT2D eigenvalue weighted by Gasteiger charge is 2.13. The summed E-state index contributed by atoms with van der Waals surface area (Å²) in [5.74, 6) is 1.98. The molecule has 5 heteroatoms. The SMILES string of the molecule is COc1cncc(NCC2CCOCC2)n1. The van der Waals surface area contributed by atoms with Gasteiger partial charge in [0, 0.05) is 19.8 Å². The molecule has 1 aromatic heterocycles. The fourth-order valence-corrected chi connectivity index (χ4v) is 1.73. The molecule has 0 bridgehead atoms. The lowest BCUT2D eigenvalue weighted by molar-refractivity contribution is 0.0699. The van der Waals surface area contributed by atoms with Gasteiger partial charge < -0.3 is 14.8 Å². The van der Waals surface area contributed by atoms with E-state index < -0.39 is 0 Å². The molecule has 1 saturated heterocycles. The Bertz CT molecular complexity index is 327. The van der Waals surface area contributed by atoms with Crippen LogP contribution in [0.5, 0.6) is 5.88 Å². The van der Waals surface area contributed by atoms with Gasteiger partial charge >= 0.3 is 0 Å². The molecule has 0 radical (unpaired) electrons. The van der Waals surface area contributed by atoms with Gasteiger partial charge in [-0.25, -0.2) is 0 Å². The number of nitrogens with one attached hydrogen (secondary N) is 1. The zero-order chi connectivity index (χ0) is 11.2. The number of aromatic nitrogens is 2. The largest absolute Gasteiger partial charge is 0.480 e. The molecule has 2 heterocycles. The van der Waals surface area contributed by atoms with Crippen LogP contribution in [0.3, 0.4) is 0 Å². The molecule has 1 aliphatic heterocycles. The normalized spacial score (nSPS) is 17.1. The van der Waals surface area contributed by atoms with E-state index in [2.05, 4.69) is 15.3 Å². The molecule has 0 spiro atoms. The van der Waals surface area contributed by atoms with Crippen molar-refractivity contribution in [2.75, 3.05) is 32.2 Å². The van der Waals surface area contributed by atoms with Crippen LogP contribution in [0.15, 0.2) is 12.4 Å². The molecule has 16 heavy (non-hydrogen) atoms. The molecule has 1 N–H and O–H groups in total. The van der Waals surface area contributed by atoms with Gasteiger partial charge in [-0.15, -0.1) is 0 Å². The van der Waals surface area contributed by atoms with Crippen LogP contribution < -0.4 is 10.1 Å². The summed E-state index contributed by atoms with van der Waals surface area (Å²) >= 11 is 0. The predicted molar refractivity (Wildman–Crippen MR) is 60.6 cm³/mol. The number of ether oxygens (including phenoxy) is 2. The summed E-state index contributed by atoms with van der Waals surface area (Å²) in [7, 11) is 1.59. The van der Waals surface area contributed by atoms with Crippen LogP contribution in [0.1, 0.15) is 12.8 Å². The minimum atomic E-state index is 0.539. The highest BCUT2D eigenvalue weighted by molar-refractivity contribution is 5.33. The van der Waals surface area contributed by atoms with E-state index in [0.29, 0.717) is 11.8 Å². The Kier molecular flexibility index (Phi) is 3.93. The van der Waals surface area contributed by atoms with Crippen molar-refractivity contribution in [1.82, 2.24) is 9.97 Å². The molecule has 0 unspecified atom stereocenters. The van der Waals surface area contributed by atoms with E-state index in [-0.39, 0.29) is 0 Å². The van der Waals surface area contributed by atoms with Crippen LogP contribution in [0, 0.1) is 5.92 Å². The van der Waals surface area contributed by atoms with E-state index in [0.717, 1.165) is 38.4 Å². The molecular formula is C11H17N3O2. The second-order valence-electron chi connectivity index (χ2n) is 3.88. The molecule has 1 aliphatic rings. The summed E-state index contributed by atoms with van der Waals surface area (Å²) in [6, 6.07) is 0. The molecular weight excluding hydrogens is 206 g/mol. The zero-order valence-corrected chi connectivity index (χ0v) is 9.48. The van der Waals surface area contributed by atoms with Crippen molar-refractivity contribution in [2.45, 2.75) is 12.8 Å². The number of rotatable bonds is 4. The molecule has 1 aromatic rings. The van der Waals surface area contributed by atoms with Crippen molar-refractivity contribution in [3.05, 3.63) is 12.4 Å². The summed E-state index contributed by atoms with van der Waals surface area (Å²) in [5.41, 5.74) is 0. The molecule has 5 nitrogen and oxygen atoms in total. The summed E-state index contributed by atoms with van der Waals surface area (Å²) < 4.78 is 10.3. The van der Waals surface area contributed by atoms with Crippen molar-refractivity contribution >= 4 is 5.82 Å². The first-order valence-electron chi connectivity index (χ1n) is 5.56. The van der Waals surface area contributed by atoms with Crippen LogP contribution in [0.4, 0.5) is 5.82 Å². The Hall–Kier alpha value is -1.36. The third-order valence-electron chi connectivity index (χ3n) is 2.73. The van der Waals surface area contributed by atoms with Gasteiger partial charge in [-0.1, -0.05) is 0 Å². The minimum Gasteiger partial charge on any atom is -0.480 e. The quantitative estimate of drug-likeness (QED) is 0.834. The number of methoxy groups -OCH3 is 1. The van der Waals surface area contributed by atoms with Gasteiger partial charge in [0.1, 0.15) is 5.82 Å². The van der Waals surface area contributed by atoms with Gasteiger partial charge in [0.25, 0.3) is 0 Å². The van der Waals surface area contributed by atoms with Gasteiger partial charge in [-0.05, 0) is 18.8 Å². The van der Waals surface area contributed by atoms with E-state index >= 15 is 0 Å². The molecule has 0 atom stereocenters. The Labute approximate surface area is 95.2 Å². The smallest absolute Gasteiger partial charge is 0.233 e. The van der Waals surface area contributed by atoms with E-state index in [1.54, 1.807) is 19.5 Å². The van der Waals surface area contributed by atoms with Crippen molar-refractivity contribution in [1.29, 1.82) is 0 Å². The highest BCUT2D eigenvalue weighted by atomic mass is 16.5. The van der Waals surface area contributed by atoms with Crippen molar-refractivity contribution < 1.29 is 9.47 Å². The van der Waals surface area contributed by atoms with E-state index in [1.807, 2.05) is 0 Å². The maximum atomic E-state index is 5.31. The van der Waals surface area contributed by atoms with Gasteiger partial charge in [-0.2, -0.15) is 4.98 Å². The zero-order valence-electron chi connectivity index (χ0n) is 9.48. The fraction of sp³-hybridized carbons (Fsp3) is 0.636. The van der Waals surface area contributed by atoms with E-state index in [4.69, 9.17) is 9.47 Å². The topological polar surface area (TPSA) is 56.3 Å². The summed E-state index contributed by atoms with van der Waals surface area (Å²) in [6.45, 7) is 2.66. The second kappa shape index (κ2) is 5.65. The minimum absolute atomic E-state index is 0.539. The number of nitrogens with zero attached hydrogens (tertiary/aromatic N) is 2. The lowest BCUT2D eigenvalue weighted by atomic mass is 10.0. The summed E-state index contributed by atoms with van der Waals surface area (Å²) in [4.78, 5) is 8.29. The first kappa shape index (κ1) is 11.1. The molecule has 0 aromatic carbocycles. The molecule has 1 fully saturated rings. The fourth-order valence-electron chi connectivity index (χ4n) is 1.73. The van der Waals surface area contributed by atoms with Crippen molar-refractivity contribution in [3.8, 4) is 5.88 Å². The molecule has 88 valence electrons. The maximum absolute atomic E-state index is 5.31. The second-order valence-corrected chi connectivity index (χ2v) is 3.88. The van der Waals surface area contributed by atoms with Crippen LogP contribution in [0.25, 0.3) is 0 Å². The van der Waals surface area contributed by atoms with E-state index in [9.17, 15) is 0 Å². The van der Waals surface area contributed by atoms with Crippen LogP contribution >= 0.6 is 0 Å². The molecule has 0 saturated carbocycles. The monoisotopic (exact) mass is 223 g/mol. The number of anilines is 1. The standard InChI is InChI=1S/C11H17N3O2/c1-15-11-8-12-7-10(14-11)13-6-9-2-4-16-5-3-9/h7-9H,2-6H2,1H3,(H,13,14). The Morgan fingerprint density at radius 3 is 3.00 bits per heavy atom. The Morgan fingerprint density at radius 2 is 2.25 bits per heavy atom. The Morgan fingerprint density at radius 1 is 1.44 bits per heavy atom. The maximum Gasteiger partial charge on any atom is 0.233 e. The third-order valence-corrected chi connectivity index (χ3v) is 2.73. The van der Waals surface area contributed by atoms with Crippen molar-refractivity contribution in [3.63, 3.8) is 0 Å². The van der Waals surface area contributed by atoms with Crippen LogP contribution in [-0.2, 0) is 4.74 Å². The van der Waals surface area contributed by atoms with Gasteiger partial charge in [0.2, 0.25) is 5.88 Å². The number of hydrogen-bond donors (Lipinski definition) is 1. The van der Waals surface area contributed by atoms with Crippen LogP contribution in [0.2, 0.25) is 0 Å². The average molecular weight is 223 g/mol. The third kappa shape index (κ3) is 3.06. The van der Waals surface area contributed by atoms with Gasteiger partial charge in [-0.3, -0.25) is 4.98 Å². The first-order chi connectivity index (χ1) is 7.88. The highest BCUT2D eigenvalue weighted by Crippen LogP contribution is 2.15. The average Bonchev–Trinajstić information content (AvgIpc) is 2.38. The van der Waals surface area contributed by atoms with Gasteiger partial charge in [0.15, 0.2) is 0 Å². The first-order valence-corrected chi connectivity index (χ1v) is 5.56. The lowest BCUT2D eigenvalue weighted by Crippen LogP contribution is -2.23. The molecule has 0 amide bonds. The number of hydrogen-bond acceptors (Lipinski definition) is 5. The molecule has 0 aliphatic carbocycles. The summed E-state index contributed by atoms with van der Waals surface area (Å²) in [6.07, 6.45) is 5.54.